The predicted molar refractivity (Wildman–Crippen MR) is 77.7 cm³/mol. The van der Waals surface area contributed by atoms with E-state index in [-0.39, 0.29) is 4.90 Å². The van der Waals surface area contributed by atoms with Gasteiger partial charge in [0, 0.05) is 25.1 Å². The second-order valence-electron chi connectivity index (χ2n) is 4.33. The van der Waals surface area contributed by atoms with Gasteiger partial charge >= 0.3 is 0 Å². The Kier molecular flexibility index (Phi) is 4.24. The van der Waals surface area contributed by atoms with E-state index in [2.05, 4.69) is 10.3 Å². The molecule has 0 saturated heterocycles. The highest BCUT2D eigenvalue weighted by Crippen LogP contribution is 2.17. The van der Waals surface area contributed by atoms with Gasteiger partial charge in [-0.1, -0.05) is 6.07 Å². The molecule has 5 nitrogen and oxygen atoms in total. The maximum absolute atomic E-state index is 11.3. The first-order valence-electron chi connectivity index (χ1n) is 6.04. The molecule has 106 valence electrons. The maximum Gasteiger partial charge on any atom is 0.175 e. The highest BCUT2D eigenvalue weighted by molar-refractivity contribution is 7.90. The van der Waals surface area contributed by atoms with Crippen LogP contribution in [0.4, 0.5) is 5.82 Å². The van der Waals surface area contributed by atoms with Gasteiger partial charge in [0.25, 0.3) is 0 Å². The van der Waals surface area contributed by atoms with Crippen LogP contribution < -0.4 is 10.1 Å². The Morgan fingerprint density at radius 3 is 2.35 bits per heavy atom. The molecule has 2 rings (SSSR count). The molecule has 0 radical (unpaired) electrons. The quantitative estimate of drug-likeness (QED) is 0.914. The summed E-state index contributed by atoms with van der Waals surface area (Å²) in [5.41, 5.74) is 0.941. The molecular formula is C14H16N2O3S. The minimum atomic E-state index is -3.17. The summed E-state index contributed by atoms with van der Waals surface area (Å²) in [5, 5.41) is 2.94. The van der Waals surface area contributed by atoms with Crippen molar-refractivity contribution in [3.8, 4) is 5.75 Å². The molecule has 0 fully saturated rings. The molecule has 0 aliphatic heterocycles. The molecule has 0 aliphatic carbocycles. The standard InChI is InChI=1S/C14H16N2O3S/c1-15-14-8-3-11(9-16-14)10-19-12-4-6-13(7-5-12)20(2,17)18/h3-9H,10H2,1-2H3,(H,15,16). The minimum Gasteiger partial charge on any atom is -0.489 e. The molecule has 1 N–H and O–H groups in total. The lowest BCUT2D eigenvalue weighted by Crippen LogP contribution is -1.99. The topological polar surface area (TPSA) is 68.3 Å². The van der Waals surface area contributed by atoms with E-state index in [1.165, 1.54) is 18.4 Å². The summed E-state index contributed by atoms with van der Waals surface area (Å²) in [5.74, 6) is 1.42. The highest BCUT2D eigenvalue weighted by Gasteiger charge is 2.06. The molecule has 1 aromatic heterocycles. The number of hydrogen-bond donors (Lipinski definition) is 1. The molecule has 2 aromatic rings. The molecule has 6 heteroatoms. The van der Waals surface area contributed by atoms with Crippen LogP contribution in [0.15, 0.2) is 47.5 Å². The monoisotopic (exact) mass is 292 g/mol. The van der Waals surface area contributed by atoms with Gasteiger partial charge in [-0.15, -0.1) is 0 Å². The van der Waals surface area contributed by atoms with Crippen molar-refractivity contribution < 1.29 is 13.2 Å². The zero-order chi connectivity index (χ0) is 14.6. The van der Waals surface area contributed by atoms with Gasteiger partial charge < -0.3 is 10.1 Å². The van der Waals surface area contributed by atoms with Crippen molar-refractivity contribution in [3.05, 3.63) is 48.2 Å². The minimum absolute atomic E-state index is 0.282. The third-order valence-electron chi connectivity index (χ3n) is 2.74. The van der Waals surface area contributed by atoms with Gasteiger partial charge in [0.2, 0.25) is 0 Å². The fourth-order valence-corrected chi connectivity index (χ4v) is 2.24. The summed E-state index contributed by atoms with van der Waals surface area (Å²) in [4.78, 5) is 4.47. The van der Waals surface area contributed by atoms with E-state index in [0.717, 1.165) is 11.4 Å². The average Bonchev–Trinajstić information content (AvgIpc) is 2.45. The number of aromatic nitrogens is 1. The van der Waals surface area contributed by atoms with Gasteiger partial charge in [0.05, 0.1) is 4.90 Å². The predicted octanol–water partition coefficient (Wildman–Crippen LogP) is 2.11. The first kappa shape index (κ1) is 14.3. The number of nitrogens with one attached hydrogen (secondary N) is 1. The van der Waals surface area contributed by atoms with Gasteiger partial charge in [-0.3, -0.25) is 0 Å². The van der Waals surface area contributed by atoms with Crippen LogP contribution in [0.1, 0.15) is 5.56 Å². The maximum atomic E-state index is 11.3. The van der Waals surface area contributed by atoms with Crippen molar-refractivity contribution in [2.45, 2.75) is 11.5 Å². The van der Waals surface area contributed by atoms with Crippen LogP contribution in [-0.4, -0.2) is 26.7 Å². The van der Waals surface area contributed by atoms with E-state index in [1.54, 1.807) is 18.3 Å². The Morgan fingerprint density at radius 1 is 1.15 bits per heavy atom. The van der Waals surface area contributed by atoms with Crippen molar-refractivity contribution in [2.75, 3.05) is 18.6 Å². The summed E-state index contributed by atoms with van der Waals surface area (Å²) < 4.78 is 28.2. The lowest BCUT2D eigenvalue weighted by atomic mass is 10.3. The number of nitrogens with zero attached hydrogens (tertiary/aromatic N) is 1. The van der Waals surface area contributed by atoms with Crippen LogP contribution in [0, 0.1) is 0 Å². The van der Waals surface area contributed by atoms with E-state index in [9.17, 15) is 8.42 Å². The Labute approximate surface area is 118 Å². The average molecular weight is 292 g/mol. The first-order valence-corrected chi connectivity index (χ1v) is 7.94. The van der Waals surface area contributed by atoms with Crippen molar-refractivity contribution in [2.24, 2.45) is 0 Å². The van der Waals surface area contributed by atoms with Gasteiger partial charge in [0.1, 0.15) is 18.2 Å². The number of hydrogen-bond acceptors (Lipinski definition) is 5. The smallest absolute Gasteiger partial charge is 0.175 e. The van der Waals surface area contributed by atoms with E-state index in [0.29, 0.717) is 12.4 Å². The van der Waals surface area contributed by atoms with Crippen LogP contribution in [0.2, 0.25) is 0 Å². The lowest BCUT2D eigenvalue weighted by molar-refractivity contribution is 0.305. The highest BCUT2D eigenvalue weighted by atomic mass is 32.2. The number of ether oxygens (including phenoxy) is 1. The second-order valence-corrected chi connectivity index (χ2v) is 6.35. The summed E-state index contributed by atoms with van der Waals surface area (Å²) in [7, 11) is -1.36. The van der Waals surface area contributed by atoms with E-state index >= 15 is 0 Å². The fraction of sp³-hybridized carbons (Fsp3) is 0.214. The second kappa shape index (κ2) is 5.92. The molecule has 1 aromatic carbocycles. The normalized spacial score (nSPS) is 11.1. The zero-order valence-electron chi connectivity index (χ0n) is 11.3. The summed E-state index contributed by atoms with van der Waals surface area (Å²) in [6.07, 6.45) is 2.91. The van der Waals surface area contributed by atoms with Crippen LogP contribution in [-0.2, 0) is 16.4 Å². The van der Waals surface area contributed by atoms with Crippen molar-refractivity contribution in [1.29, 1.82) is 0 Å². The third kappa shape index (κ3) is 3.71. The fourth-order valence-electron chi connectivity index (χ4n) is 1.61. The summed E-state index contributed by atoms with van der Waals surface area (Å²) >= 11 is 0. The molecule has 0 atom stereocenters. The van der Waals surface area contributed by atoms with Gasteiger partial charge in [0.15, 0.2) is 9.84 Å². The van der Waals surface area contributed by atoms with E-state index in [1.807, 2.05) is 19.2 Å². The molecular weight excluding hydrogens is 276 g/mol. The molecule has 0 bridgehead atoms. The molecule has 0 saturated carbocycles. The van der Waals surface area contributed by atoms with Crippen LogP contribution >= 0.6 is 0 Å². The number of anilines is 1. The van der Waals surface area contributed by atoms with Crippen LogP contribution in [0.3, 0.4) is 0 Å². The van der Waals surface area contributed by atoms with Crippen molar-refractivity contribution in [3.63, 3.8) is 0 Å². The molecule has 1 heterocycles. The number of benzene rings is 1. The van der Waals surface area contributed by atoms with E-state index < -0.39 is 9.84 Å². The van der Waals surface area contributed by atoms with Crippen molar-refractivity contribution >= 4 is 15.7 Å². The number of pyridine rings is 1. The molecule has 0 spiro atoms. The van der Waals surface area contributed by atoms with Crippen LogP contribution in [0.5, 0.6) is 5.75 Å². The zero-order valence-corrected chi connectivity index (χ0v) is 12.1. The van der Waals surface area contributed by atoms with Crippen molar-refractivity contribution in [1.82, 2.24) is 4.98 Å². The Bertz CT molecular complexity index is 665. The lowest BCUT2D eigenvalue weighted by Gasteiger charge is -2.07. The van der Waals surface area contributed by atoms with Gasteiger partial charge in [-0.05, 0) is 30.3 Å². The van der Waals surface area contributed by atoms with Gasteiger partial charge in [-0.25, -0.2) is 13.4 Å². The SMILES string of the molecule is CNc1ccc(COc2ccc(S(C)(=O)=O)cc2)cn1. The summed E-state index contributed by atoms with van der Waals surface area (Å²) in [6, 6.07) is 10.1. The molecule has 0 amide bonds. The molecule has 20 heavy (non-hydrogen) atoms. The third-order valence-corrected chi connectivity index (χ3v) is 3.87. The number of rotatable bonds is 5. The largest absolute Gasteiger partial charge is 0.489 e. The molecule has 0 aliphatic rings. The Balaban J connectivity index is 2.00. The van der Waals surface area contributed by atoms with E-state index in [4.69, 9.17) is 4.74 Å². The Hall–Kier alpha value is -2.08. The Morgan fingerprint density at radius 2 is 1.85 bits per heavy atom. The summed E-state index contributed by atoms with van der Waals surface area (Å²) in [6.45, 7) is 0.384. The first-order chi connectivity index (χ1) is 9.49. The molecule has 0 unspecified atom stereocenters. The number of sulfone groups is 1. The van der Waals surface area contributed by atoms with Crippen LogP contribution in [0.25, 0.3) is 0 Å². The van der Waals surface area contributed by atoms with Gasteiger partial charge in [-0.2, -0.15) is 0 Å².